The van der Waals surface area contributed by atoms with Crippen molar-refractivity contribution in [3.8, 4) is 0 Å². The molecule has 0 aromatic carbocycles. The molecule has 1 aromatic rings. The average Bonchev–Trinajstić information content (AvgIpc) is 2.45. The fourth-order valence-corrected chi connectivity index (χ4v) is 1.36. The van der Waals surface area contributed by atoms with Crippen molar-refractivity contribution < 1.29 is 4.79 Å². The van der Waals surface area contributed by atoms with Crippen LogP contribution in [0.2, 0.25) is 0 Å². The predicted octanol–water partition coefficient (Wildman–Crippen LogP) is 0.667. The van der Waals surface area contributed by atoms with E-state index in [2.05, 4.69) is 15.7 Å². The minimum absolute atomic E-state index is 0.0429. The molecule has 1 heterocycles. The number of carbonyl (C=O) groups is 1. The Morgan fingerprint density at radius 1 is 1.60 bits per heavy atom. The fourth-order valence-electron chi connectivity index (χ4n) is 1.36. The number of carbonyl (C=O) groups excluding carboxylic acids is 1. The second-order valence-electron chi connectivity index (χ2n) is 3.56. The van der Waals surface area contributed by atoms with Crippen LogP contribution < -0.4 is 10.6 Å². The molecule has 84 valence electrons. The van der Waals surface area contributed by atoms with E-state index in [9.17, 15) is 4.79 Å². The molecule has 15 heavy (non-hydrogen) atoms. The molecule has 0 aliphatic carbocycles. The number of amides is 1. The molecule has 1 amide bonds. The van der Waals surface area contributed by atoms with Crippen molar-refractivity contribution in [2.24, 2.45) is 7.05 Å². The van der Waals surface area contributed by atoms with Gasteiger partial charge in [-0.25, -0.2) is 0 Å². The molecule has 0 radical (unpaired) electrons. The molecule has 0 fully saturated rings. The second kappa shape index (κ2) is 5.50. The maximum Gasteiger partial charge on any atom is 0.224 e. The first-order chi connectivity index (χ1) is 7.13. The van der Waals surface area contributed by atoms with Gasteiger partial charge in [0.1, 0.15) is 0 Å². The van der Waals surface area contributed by atoms with Crippen molar-refractivity contribution in [1.29, 1.82) is 0 Å². The Bertz CT molecular complexity index is 332. The standard InChI is InChI=1S/C10H18N4O/c1-8-9(7-14(3)13-8)12-10(15)5-4-6-11-2/h7,11H,4-6H2,1-3H3,(H,12,15). The van der Waals surface area contributed by atoms with Crippen LogP contribution in [0.3, 0.4) is 0 Å². The Balaban J connectivity index is 2.41. The van der Waals surface area contributed by atoms with Crippen molar-refractivity contribution in [1.82, 2.24) is 15.1 Å². The van der Waals surface area contributed by atoms with E-state index in [1.807, 2.05) is 27.2 Å². The number of hydrogen-bond acceptors (Lipinski definition) is 3. The molecule has 0 aliphatic rings. The Morgan fingerprint density at radius 2 is 2.33 bits per heavy atom. The predicted molar refractivity (Wildman–Crippen MR) is 59.7 cm³/mol. The lowest BCUT2D eigenvalue weighted by atomic mass is 10.3. The van der Waals surface area contributed by atoms with Crippen LogP contribution in [0, 0.1) is 6.92 Å². The quantitative estimate of drug-likeness (QED) is 0.702. The first-order valence-electron chi connectivity index (χ1n) is 5.08. The van der Waals surface area contributed by atoms with Gasteiger partial charge in [-0.2, -0.15) is 5.10 Å². The minimum atomic E-state index is 0.0429. The highest BCUT2D eigenvalue weighted by atomic mass is 16.1. The lowest BCUT2D eigenvalue weighted by Gasteiger charge is -2.02. The summed E-state index contributed by atoms with van der Waals surface area (Å²) in [5.41, 5.74) is 1.64. The summed E-state index contributed by atoms with van der Waals surface area (Å²) in [7, 11) is 3.72. The van der Waals surface area contributed by atoms with Crippen LogP contribution in [0.5, 0.6) is 0 Å². The van der Waals surface area contributed by atoms with Gasteiger partial charge in [0.05, 0.1) is 11.4 Å². The molecule has 1 aromatic heterocycles. The summed E-state index contributed by atoms with van der Waals surface area (Å²) >= 11 is 0. The average molecular weight is 210 g/mol. The van der Waals surface area contributed by atoms with E-state index in [1.54, 1.807) is 4.68 Å². The Labute approximate surface area is 89.9 Å². The Hall–Kier alpha value is -1.36. The Kier molecular flexibility index (Phi) is 4.30. The zero-order valence-electron chi connectivity index (χ0n) is 9.50. The van der Waals surface area contributed by atoms with E-state index in [0.29, 0.717) is 6.42 Å². The first-order valence-corrected chi connectivity index (χ1v) is 5.08. The van der Waals surface area contributed by atoms with Gasteiger partial charge in [0.15, 0.2) is 0 Å². The van der Waals surface area contributed by atoms with Gasteiger partial charge in [0.25, 0.3) is 0 Å². The van der Waals surface area contributed by atoms with Crippen LogP contribution in [0.15, 0.2) is 6.20 Å². The van der Waals surface area contributed by atoms with Crippen LogP contribution in [-0.4, -0.2) is 29.3 Å². The van der Waals surface area contributed by atoms with Crippen LogP contribution >= 0.6 is 0 Å². The van der Waals surface area contributed by atoms with Crippen LogP contribution in [-0.2, 0) is 11.8 Å². The molecule has 5 heteroatoms. The van der Waals surface area contributed by atoms with Crippen molar-refractivity contribution in [2.45, 2.75) is 19.8 Å². The SMILES string of the molecule is CNCCCC(=O)Nc1cn(C)nc1C. The van der Waals surface area contributed by atoms with Gasteiger partial charge in [-0.15, -0.1) is 0 Å². The topological polar surface area (TPSA) is 59.0 Å². The minimum Gasteiger partial charge on any atom is -0.323 e. The second-order valence-corrected chi connectivity index (χ2v) is 3.56. The van der Waals surface area contributed by atoms with E-state index in [1.165, 1.54) is 0 Å². The molecule has 0 bridgehead atoms. The third-order valence-electron chi connectivity index (χ3n) is 2.12. The van der Waals surface area contributed by atoms with Crippen molar-refractivity contribution >= 4 is 11.6 Å². The Morgan fingerprint density at radius 3 is 2.87 bits per heavy atom. The number of rotatable bonds is 5. The van der Waals surface area contributed by atoms with E-state index in [0.717, 1.165) is 24.3 Å². The van der Waals surface area contributed by atoms with E-state index in [4.69, 9.17) is 0 Å². The number of aromatic nitrogens is 2. The van der Waals surface area contributed by atoms with E-state index >= 15 is 0 Å². The maximum atomic E-state index is 11.5. The van der Waals surface area contributed by atoms with Gasteiger partial charge in [-0.3, -0.25) is 9.48 Å². The molecule has 0 atom stereocenters. The molecule has 0 spiro atoms. The van der Waals surface area contributed by atoms with Crippen LogP contribution in [0.1, 0.15) is 18.5 Å². The van der Waals surface area contributed by atoms with Crippen LogP contribution in [0.25, 0.3) is 0 Å². The number of nitrogens with zero attached hydrogens (tertiary/aromatic N) is 2. The summed E-state index contributed by atoms with van der Waals surface area (Å²) < 4.78 is 1.69. The van der Waals surface area contributed by atoms with Gasteiger partial charge in [0, 0.05) is 19.7 Å². The third-order valence-corrected chi connectivity index (χ3v) is 2.12. The van der Waals surface area contributed by atoms with Gasteiger partial charge >= 0.3 is 0 Å². The molecule has 0 unspecified atom stereocenters. The summed E-state index contributed by atoms with van der Waals surface area (Å²) in [5.74, 6) is 0.0429. The summed E-state index contributed by atoms with van der Waals surface area (Å²) in [6.07, 6.45) is 3.20. The van der Waals surface area contributed by atoms with Gasteiger partial charge < -0.3 is 10.6 Å². The third kappa shape index (κ3) is 3.71. The fraction of sp³-hybridized carbons (Fsp3) is 0.600. The zero-order valence-corrected chi connectivity index (χ0v) is 9.50. The van der Waals surface area contributed by atoms with Gasteiger partial charge in [-0.05, 0) is 26.9 Å². The van der Waals surface area contributed by atoms with Crippen molar-refractivity contribution in [3.63, 3.8) is 0 Å². The lowest BCUT2D eigenvalue weighted by molar-refractivity contribution is -0.116. The highest BCUT2D eigenvalue weighted by Gasteiger charge is 2.06. The largest absolute Gasteiger partial charge is 0.323 e. The summed E-state index contributed by atoms with van der Waals surface area (Å²) in [6.45, 7) is 2.74. The van der Waals surface area contributed by atoms with Crippen molar-refractivity contribution in [3.05, 3.63) is 11.9 Å². The number of aryl methyl sites for hydroxylation is 2. The van der Waals surface area contributed by atoms with Crippen molar-refractivity contribution in [2.75, 3.05) is 18.9 Å². The molecule has 0 saturated heterocycles. The highest BCUT2D eigenvalue weighted by Crippen LogP contribution is 2.11. The summed E-state index contributed by atoms with van der Waals surface area (Å²) in [4.78, 5) is 11.5. The summed E-state index contributed by atoms with van der Waals surface area (Å²) in [5, 5.41) is 10.00. The molecule has 5 nitrogen and oxygen atoms in total. The number of hydrogen-bond donors (Lipinski definition) is 2. The van der Waals surface area contributed by atoms with Gasteiger partial charge in [-0.1, -0.05) is 0 Å². The molecule has 1 rings (SSSR count). The molecule has 0 saturated carbocycles. The number of nitrogens with one attached hydrogen (secondary N) is 2. The molecule has 0 aliphatic heterocycles. The smallest absolute Gasteiger partial charge is 0.224 e. The molecular weight excluding hydrogens is 192 g/mol. The van der Waals surface area contributed by atoms with E-state index in [-0.39, 0.29) is 5.91 Å². The van der Waals surface area contributed by atoms with Crippen LogP contribution in [0.4, 0.5) is 5.69 Å². The highest BCUT2D eigenvalue weighted by molar-refractivity contribution is 5.91. The molecule has 2 N–H and O–H groups in total. The van der Waals surface area contributed by atoms with E-state index < -0.39 is 0 Å². The zero-order chi connectivity index (χ0) is 11.3. The maximum absolute atomic E-state index is 11.5. The monoisotopic (exact) mass is 210 g/mol. The number of anilines is 1. The normalized spacial score (nSPS) is 10.3. The summed E-state index contributed by atoms with van der Waals surface area (Å²) in [6, 6.07) is 0. The lowest BCUT2D eigenvalue weighted by Crippen LogP contribution is -2.15. The molecular formula is C10H18N4O. The van der Waals surface area contributed by atoms with Gasteiger partial charge in [0.2, 0.25) is 5.91 Å². The first kappa shape index (κ1) is 11.7.